The topological polar surface area (TPSA) is 70.1 Å². The predicted octanol–water partition coefficient (Wildman–Crippen LogP) is 6.65. The van der Waals surface area contributed by atoms with Crippen molar-refractivity contribution in [2.24, 2.45) is 0 Å². The molecule has 1 heterocycles. The fourth-order valence-electron chi connectivity index (χ4n) is 4.75. The van der Waals surface area contributed by atoms with Crippen LogP contribution in [0.5, 0.6) is 5.75 Å². The highest BCUT2D eigenvalue weighted by atomic mass is 35.5. The van der Waals surface area contributed by atoms with Crippen molar-refractivity contribution < 1.29 is 19.4 Å². The van der Waals surface area contributed by atoms with Crippen LogP contribution in [0.3, 0.4) is 0 Å². The van der Waals surface area contributed by atoms with Gasteiger partial charge in [-0.1, -0.05) is 56.6 Å². The van der Waals surface area contributed by atoms with E-state index in [4.69, 9.17) is 16.3 Å². The molecule has 1 aliphatic heterocycles. The van der Waals surface area contributed by atoms with Gasteiger partial charge in [-0.2, -0.15) is 0 Å². The number of aryl methyl sites for hydroxylation is 1. The van der Waals surface area contributed by atoms with E-state index in [2.05, 4.69) is 20.8 Å². The van der Waals surface area contributed by atoms with Crippen LogP contribution < -0.4 is 14.5 Å². The first-order chi connectivity index (χ1) is 17.8. The quantitative estimate of drug-likeness (QED) is 0.226. The van der Waals surface area contributed by atoms with Crippen molar-refractivity contribution in [1.29, 1.82) is 0 Å². The second-order valence-corrected chi connectivity index (χ2v) is 11.2. The van der Waals surface area contributed by atoms with Crippen molar-refractivity contribution in [3.8, 4) is 5.75 Å². The molecule has 0 radical (unpaired) electrons. The molecule has 3 aromatic carbocycles. The van der Waals surface area contributed by atoms with Crippen LogP contribution in [0, 0.1) is 6.92 Å². The van der Waals surface area contributed by atoms with E-state index in [1.165, 1.54) is 12.0 Å². The number of aliphatic hydroxyl groups excluding tert-OH is 1. The van der Waals surface area contributed by atoms with Gasteiger partial charge in [0.15, 0.2) is 0 Å². The van der Waals surface area contributed by atoms with Crippen molar-refractivity contribution in [1.82, 2.24) is 0 Å². The predicted molar refractivity (Wildman–Crippen MR) is 153 cm³/mol. The van der Waals surface area contributed by atoms with Gasteiger partial charge in [-0.25, -0.2) is 0 Å². The van der Waals surface area contributed by atoms with E-state index in [9.17, 15) is 14.7 Å². The van der Waals surface area contributed by atoms with Gasteiger partial charge in [0.05, 0.1) is 29.3 Å². The van der Waals surface area contributed by atoms with Crippen LogP contribution in [0.1, 0.15) is 49.1 Å². The van der Waals surface area contributed by atoms with Gasteiger partial charge in [-0.3, -0.25) is 14.5 Å². The number of anilines is 2. The van der Waals surface area contributed by atoms with Gasteiger partial charge in [0.1, 0.15) is 11.5 Å². The first kappa shape index (κ1) is 27.3. The number of aliphatic hydroxyl groups is 1. The molecule has 1 amide bonds. The third-order valence-corrected chi connectivity index (χ3v) is 7.11. The number of Topliss-reactive ketones (excluding diaryl/α,β-unsaturated/α-hetero) is 1. The van der Waals surface area contributed by atoms with Crippen molar-refractivity contribution in [3.63, 3.8) is 0 Å². The van der Waals surface area contributed by atoms with E-state index < -0.39 is 17.7 Å². The minimum Gasteiger partial charge on any atom is -0.507 e. The highest BCUT2D eigenvalue weighted by Gasteiger charge is 2.47. The zero-order valence-corrected chi connectivity index (χ0v) is 23.6. The van der Waals surface area contributed by atoms with E-state index in [1.54, 1.807) is 12.1 Å². The third-order valence-electron chi connectivity index (χ3n) is 6.83. The van der Waals surface area contributed by atoms with Crippen LogP contribution in [-0.4, -0.2) is 38.0 Å². The lowest BCUT2D eigenvalue weighted by atomic mass is 9.87. The Bertz CT molecular complexity index is 1420. The molecule has 1 saturated heterocycles. The number of rotatable bonds is 5. The summed E-state index contributed by atoms with van der Waals surface area (Å²) in [6, 6.07) is 17.7. The maximum absolute atomic E-state index is 13.6. The van der Waals surface area contributed by atoms with Crippen molar-refractivity contribution >= 4 is 40.4 Å². The number of nitrogens with zero attached hydrogens (tertiary/aromatic N) is 2. The highest BCUT2D eigenvalue weighted by Crippen LogP contribution is 2.45. The first-order valence-electron chi connectivity index (χ1n) is 12.4. The van der Waals surface area contributed by atoms with Gasteiger partial charge >= 0.3 is 0 Å². The van der Waals surface area contributed by atoms with Crippen LogP contribution >= 0.6 is 11.6 Å². The van der Waals surface area contributed by atoms with Crippen LogP contribution in [0.4, 0.5) is 11.4 Å². The Morgan fingerprint density at radius 1 is 1.00 bits per heavy atom. The standard InChI is InChI=1S/C31H33ClN2O4/c1-18-16-23(29(38-7)24(32)17-18)27(35)25-26(19-8-12-21(13-9-19)33(5)6)34(30(37)28(25)36)22-14-10-20(11-15-22)31(2,3)4/h8-17,26,35H,1-7H3/b27-25+. The second kappa shape index (κ2) is 10.2. The summed E-state index contributed by atoms with van der Waals surface area (Å²) in [5, 5.41) is 11.9. The number of halogens is 1. The maximum Gasteiger partial charge on any atom is 0.300 e. The van der Waals surface area contributed by atoms with Gasteiger partial charge in [0, 0.05) is 25.5 Å². The Morgan fingerprint density at radius 2 is 1.61 bits per heavy atom. The zero-order valence-electron chi connectivity index (χ0n) is 22.8. The number of benzene rings is 3. The van der Waals surface area contributed by atoms with E-state index in [0.717, 1.165) is 16.8 Å². The average molecular weight is 533 g/mol. The molecule has 0 aliphatic carbocycles. The summed E-state index contributed by atoms with van der Waals surface area (Å²) in [5.74, 6) is -1.59. The summed E-state index contributed by atoms with van der Waals surface area (Å²) >= 11 is 6.40. The maximum atomic E-state index is 13.6. The van der Waals surface area contributed by atoms with E-state index >= 15 is 0 Å². The van der Waals surface area contributed by atoms with Crippen molar-refractivity contribution in [2.75, 3.05) is 31.0 Å². The van der Waals surface area contributed by atoms with E-state index in [0.29, 0.717) is 16.3 Å². The summed E-state index contributed by atoms with van der Waals surface area (Å²) in [6.07, 6.45) is 0. The van der Waals surface area contributed by atoms with Crippen molar-refractivity contribution in [3.05, 3.63) is 93.5 Å². The Morgan fingerprint density at radius 3 is 2.13 bits per heavy atom. The molecule has 0 bridgehead atoms. The fraction of sp³-hybridized carbons (Fsp3) is 0.290. The molecule has 0 spiro atoms. The lowest BCUT2D eigenvalue weighted by Gasteiger charge is -2.27. The third kappa shape index (κ3) is 4.88. The van der Waals surface area contributed by atoms with Crippen LogP contribution in [0.2, 0.25) is 5.02 Å². The first-order valence-corrected chi connectivity index (χ1v) is 12.8. The number of carbonyl (C=O) groups is 2. The van der Waals surface area contributed by atoms with E-state index in [-0.39, 0.29) is 28.1 Å². The molecular weight excluding hydrogens is 500 g/mol. The Kier molecular flexibility index (Phi) is 7.31. The molecule has 0 saturated carbocycles. The lowest BCUT2D eigenvalue weighted by Crippen LogP contribution is -2.29. The number of amides is 1. The smallest absolute Gasteiger partial charge is 0.300 e. The minimum absolute atomic E-state index is 0.0209. The summed E-state index contributed by atoms with van der Waals surface area (Å²) < 4.78 is 5.47. The zero-order chi connectivity index (χ0) is 27.9. The minimum atomic E-state index is -0.851. The van der Waals surface area contributed by atoms with Crippen LogP contribution in [0.25, 0.3) is 5.76 Å². The van der Waals surface area contributed by atoms with Gasteiger partial charge in [0.25, 0.3) is 11.7 Å². The SMILES string of the molecule is COc1c(Cl)cc(C)cc1/C(O)=C1\C(=O)C(=O)N(c2ccc(C(C)(C)C)cc2)C1c1ccc(N(C)C)cc1. The number of carbonyl (C=O) groups excluding carboxylic acids is 2. The number of ketones is 1. The summed E-state index contributed by atoms with van der Waals surface area (Å²) in [6.45, 7) is 8.16. The highest BCUT2D eigenvalue weighted by molar-refractivity contribution is 6.51. The lowest BCUT2D eigenvalue weighted by molar-refractivity contribution is -0.132. The number of hydrogen-bond donors (Lipinski definition) is 1. The van der Waals surface area contributed by atoms with E-state index in [1.807, 2.05) is 74.4 Å². The number of ether oxygens (including phenoxy) is 1. The molecule has 6 nitrogen and oxygen atoms in total. The molecule has 38 heavy (non-hydrogen) atoms. The molecule has 0 aromatic heterocycles. The molecular formula is C31H33ClN2O4. The molecule has 1 N–H and O–H groups in total. The molecule has 7 heteroatoms. The Hall–Kier alpha value is -3.77. The average Bonchev–Trinajstić information content (AvgIpc) is 3.13. The Balaban J connectivity index is 1.96. The van der Waals surface area contributed by atoms with Gasteiger partial charge < -0.3 is 14.7 Å². The number of hydrogen-bond acceptors (Lipinski definition) is 5. The summed E-state index contributed by atoms with van der Waals surface area (Å²) in [7, 11) is 5.32. The molecule has 1 atom stereocenters. The van der Waals surface area contributed by atoms with Gasteiger partial charge in [-0.05, 0) is 65.4 Å². The molecule has 3 aromatic rings. The van der Waals surface area contributed by atoms with Gasteiger partial charge in [0.2, 0.25) is 0 Å². The monoisotopic (exact) mass is 532 g/mol. The molecule has 1 unspecified atom stereocenters. The van der Waals surface area contributed by atoms with Gasteiger partial charge in [-0.15, -0.1) is 0 Å². The summed E-state index contributed by atoms with van der Waals surface area (Å²) in [4.78, 5) is 30.5. The fourth-order valence-corrected chi connectivity index (χ4v) is 5.10. The number of methoxy groups -OCH3 is 1. The van der Waals surface area contributed by atoms with Crippen LogP contribution in [0.15, 0.2) is 66.2 Å². The molecule has 1 aliphatic rings. The Labute approximate surface area is 229 Å². The summed E-state index contributed by atoms with van der Waals surface area (Å²) in [5.41, 5.74) is 4.26. The largest absolute Gasteiger partial charge is 0.507 e. The molecule has 198 valence electrons. The normalized spacial score (nSPS) is 17.2. The van der Waals surface area contributed by atoms with Crippen molar-refractivity contribution in [2.45, 2.75) is 39.2 Å². The molecule has 1 fully saturated rings. The van der Waals surface area contributed by atoms with Crippen LogP contribution in [-0.2, 0) is 15.0 Å². The second-order valence-electron chi connectivity index (χ2n) is 10.8. The molecule has 4 rings (SSSR count).